The molecule has 1 aromatic carbocycles. The summed E-state index contributed by atoms with van der Waals surface area (Å²) in [4.78, 5) is 0. The van der Waals surface area contributed by atoms with Gasteiger partial charge in [-0.05, 0) is 30.2 Å². The predicted octanol–water partition coefficient (Wildman–Crippen LogP) is 2.25. The van der Waals surface area contributed by atoms with Crippen LogP contribution in [0.4, 0.5) is 8.78 Å². The third-order valence-electron chi connectivity index (χ3n) is 1.88. The molecule has 1 aromatic rings. The van der Waals surface area contributed by atoms with E-state index < -0.39 is 11.6 Å². The van der Waals surface area contributed by atoms with Gasteiger partial charge in [0.25, 0.3) is 0 Å². The lowest BCUT2D eigenvalue weighted by Gasteiger charge is -2.06. The zero-order valence-corrected chi connectivity index (χ0v) is 7.40. The van der Waals surface area contributed by atoms with Gasteiger partial charge in [-0.1, -0.05) is 6.58 Å². The van der Waals surface area contributed by atoms with Crippen molar-refractivity contribution in [3.8, 4) is 0 Å². The fourth-order valence-electron chi connectivity index (χ4n) is 1.03. The molecule has 0 heterocycles. The van der Waals surface area contributed by atoms with Crippen molar-refractivity contribution in [3.63, 3.8) is 0 Å². The van der Waals surface area contributed by atoms with Crippen LogP contribution in [-0.2, 0) is 0 Å². The Labute approximate surface area is 75.9 Å². The second-order valence-corrected chi connectivity index (χ2v) is 2.89. The van der Waals surface area contributed by atoms with Gasteiger partial charge in [0.15, 0.2) is 0 Å². The van der Waals surface area contributed by atoms with Gasteiger partial charge in [-0.15, -0.1) is 0 Å². The molecule has 1 rings (SSSR count). The first kappa shape index (κ1) is 9.86. The van der Waals surface area contributed by atoms with Crippen molar-refractivity contribution in [2.75, 3.05) is 6.54 Å². The molecule has 0 aliphatic heterocycles. The maximum atomic E-state index is 13.2. The average molecular weight is 183 g/mol. The second kappa shape index (κ2) is 3.66. The topological polar surface area (TPSA) is 26.0 Å². The number of halogens is 2. The van der Waals surface area contributed by atoms with E-state index in [0.29, 0.717) is 5.57 Å². The van der Waals surface area contributed by atoms with Crippen LogP contribution in [0.1, 0.15) is 11.1 Å². The molecule has 0 aromatic heterocycles. The quantitative estimate of drug-likeness (QED) is 0.747. The normalized spacial score (nSPS) is 10.2. The van der Waals surface area contributed by atoms with E-state index in [1.165, 1.54) is 6.92 Å². The summed E-state index contributed by atoms with van der Waals surface area (Å²) in [6.07, 6.45) is 0. The number of aryl methyl sites for hydroxylation is 1. The van der Waals surface area contributed by atoms with E-state index in [2.05, 4.69) is 6.58 Å². The van der Waals surface area contributed by atoms with E-state index in [0.717, 1.165) is 12.1 Å². The third-order valence-corrected chi connectivity index (χ3v) is 1.88. The molecule has 2 N–H and O–H groups in total. The van der Waals surface area contributed by atoms with Crippen molar-refractivity contribution in [3.05, 3.63) is 41.5 Å². The summed E-state index contributed by atoms with van der Waals surface area (Å²) in [5.41, 5.74) is 6.11. The van der Waals surface area contributed by atoms with Crippen LogP contribution in [0.2, 0.25) is 0 Å². The summed E-state index contributed by atoms with van der Waals surface area (Å²) in [7, 11) is 0. The number of nitrogens with two attached hydrogens (primary N) is 1. The zero-order valence-electron chi connectivity index (χ0n) is 7.40. The third kappa shape index (κ3) is 1.92. The molecule has 0 bridgehead atoms. The molecular formula is C10H11F2N. The Bertz CT molecular complexity index is 345. The van der Waals surface area contributed by atoms with Gasteiger partial charge in [0.2, 0.25) is 0 Å². The minimum Gasteiger partial charge on any atom is -0.326 e. The molecule has 1 nitrogen and oxygen atoms in total. The number of benzene rings is 1. The largest absolute Gasteiger partial charge is 0.326 e. The van der Waals surface area contributed by atoms with Crippen molar-refractivity contribution in [2.45, 2.75) is 6.92 Å². The Morgan fingerprint density at radius 3 is 2.54 bits per heavy atom. The van der Waals surface area contributed by atoms with Crippen molar-refractivity contribution < 1.29 is 8.78 Å². The van der Waals surface area contributed by atoms with Gasteiger partial charge in [0, 0.05) is 12.1 Å². The minimum absolute atomic E-state index is 0.124. The lowest BCUT2D eigenvalue weighted by atomic mass is 10.0. The highest BCUT2D eigenvalue weighted by Crippen LogP contribution is 2.19. The molecule has 70 valence electrons. The molecule has 0 unspecified atom stereocenters. The Kier molecular flexibility index (Phi) is 2.78. The van der Waals surface area contributed by atoms with Crippen molar-refractivity contribution in [1.82, 2.24) is 0 Å². The first-order chi connectivity index (χ1) is 6.06. The molecule has 0 saturated heterocycles. The first-order valence-corrected chi connectivity index (χ1v) is 3.90. The van der Waals surface area contributed by atoms with Crippen LogP contribution in [-0.4, -0.2) is 6.54 Å². The van der Waals surface area contributed by atoms with E-state index in [-0.39, 0.29) is 17.7 Å². The van der Waals surface area contributed by atoms with Gasteiger partial charge >= 0.3 is 0 Å². The highest BCUT2D eigenvalue weighted by atomic mass is 19.1. The minimum atomic E-state index is -0.477. The average Bonchev–Trinajstić information content (AvgIpc) is 2.10. The standard InChI is InChI=1S/C10H11F2N/c1-6-3-10(12)8(4-9(6)11)7(2)5-13/h3-4H,2,5,13H2,1H3. The molecular weight excluding hydrogens is 172 g/mol. The highest BCUT2D eigenvalue weighted by molar-refractivity contribution is 5.65. The van der Waals surface area contributed by atoms with Crippen LogP contribution in [0.5, 0.6) is 0 Å². The van der Waals surface area contributed by atoms with E-state index in [9.17, 15) is 8.78 Å². The van der Waals surface area contributed by atoms with E-state index in [4.69, 9.17) is 5.73 Å². The fraction of sp³-hybridized carbons (Fsp3) is 0.200. The van der Waals surface area contributed by atoms with Gasteiger partial charge < -0.3 is 5.73 Å². The molecule has 0 fully saturated rings. The summed E-state index contributed by atoms with van der Waals surface area (Å²) in [5, 5.41) is 0. The van der Waals surface area contributed by atoms with Crippen LogP contribution in [0, 0.1) is 18.6 Å². The monoisotopic (exact) mass is 183 g/mol. The van der Waals surface area contributed by atoms with Gasteiger partial charge in [-0.2, -0.15) is 0 Å². The Hall–Kier alpha value is -1.22. The van der Waals surface area contributed by atoms with E-state index in [1.807, 2.05) is 0 Å². The number of rotatable bonds is 2. The molecule has 0 saturated carbocycles. The Balaban J connectivity index is 3.23. The number of hydrogen-bond acceptors (Lipinski definition) is 1. The first-order valence-electron chi connectivity index (χ1n) is 3.90. The Morgan fingerprint density at radius 2 is 2.00 bits per heavy atom. The predicted molar refractivity (Wildman–Crippen MR) is 49.2 cm³/mol. The molecule has 0 aliphatic carbocycles. The summed E-state index contributed by atoms with van der Waals surface area (Å²) in [6.45, 7) is 5.18. The lowest BCUT2D eigenvalue weighted by Crippen LogP contribution is -2.03. The molecule has 0 spiro atoms. The van der Waals surface area contributed by atoms with Crippen LogP contribution in [0.25, 0.3) is 5.57 Å². The van der Waals surface area contributed by atoms with E-state index in [1.54, 1.807) is 0 Å². The molecule has 0 atom stereocenters. The summed E-state index contributed by atoms with van der Waals surface area (Å²) in [5.74, 6) is -0.916. The molecule has 0 radical (unpaired) electrons. The summed E-state index contributed by atoms with van der Waals surface area (Å²) < 4.78 is 26.2. The summed E-state index contributed by atoms with van der Waals surface area (Å²) in [6, 6.07) is 2.27. The van der Waals surface area contributed by atoms with Gasteiger partial charge in [-0.3, -0.25) is 0 Å². The maximum absolute atomic E-state index is 13.2. The highest BCUT2D eigenvalue weighted by Gasteiger charge is 2.08. The summed E-state index contributed by atoms with van der Waals surface area (Å²) >= 11 is 0. The van der Waals surface area contributed by atoms with Crippen LogP contribution in [0.3, 0.4) is 0 Å². The van der Waals surface area contributed by atoms with Gasteiger partial charge in [-0.25, -0.2) is 8.78 Å². The van der Waals surface area contributed by atoms with E-state index >= 15 is 0 Å². The second-order valence-electron chi connectivity index (χ2n) is 2.89. The van der Waals surface area contributed by atoms with Crippen LogP contribution >= 0.6 is 0 Å². The molecule has 13 heavy (non-hydrogen) atoms. The fourth-order valence-corrected chi connectivity index (χ4v) is 1.03. The van der Waals surface area contributed by atoms with Gasteiger partial charge in [0.1, 0.15) is 11.6 Å². The van der Waals surface area contributed by atoms with Crippen LogP contribution in [0.15, 0.2) is 18.7 Å². The SMILES string of the molecule is C=C(CN)c1cc(F)c(C)cc1F. The van der Waals surface area contributed by atoms with Crippen molar-refractivity contribution in [1.29, 1.82) is 0 Å². The Morgan fingerprint density at radius 1 is 1.38 bits per heavy atom. The van der Waals surface area contributed by atoms with Crippen molar-refractivity contribution in [2.24, 2.45) is 5.73 Å². The molecule has 3 heteroatoms. The van der Waals surface area contributed by atoms with Crippen molar-refractivity contribution >= 4 is 5.57 Å². The zero-order chi connectivity index (χ0) is 10.0. The lowest BCUT2D eigenvalue weighted by molar-refractivity contribution is 0.589. The van der Waals surface area contributed by atoms with Crippen LogP contribution < -0.4 is 5.73 Å². The number of hydrogen-bond donors (Lipinski definition) is 1. The maximum Gasteiger partial charge on any atom is 0.131 e. The van der Waals surface area contributed by atoms with Gasteiger partial charge in [0.05, 0.1) is 0 Å². The molecule has 0 amide bonds. The smallest absolute Gasteiger partial charge is 0.131 e. The molecule has 0 aliphatic rings.